The molecule has 0 saturated carbocycles. The molecule has 0 aliphatic rings. The van der Waals surface area contributed by atoms with E-state index in [0.29, 0.717) is 16.8 Å². The summed E-state index contributed by atoms with van der Waals surface area (Å²) in [6.07, 6.45) is 1.39. The van der Waals surface area contributed by atoms with E-state index < -0.39 is 0 Å². The van der Waals surface area contributed by atoms with Crippen molar-refractivity contribution in [3.8, 4) is 0 Å². The lowest BCUT2D eigenvalue weighted by molar-refractivity contribution is 0.920. The Labute approximate surface area is 68.6 Å². The van der Waals surface area contributed by atoms with Gasteiger partial charge in [0.1, 0.15) is 5.69 Å². The summed E-state index contributed by atoms with van der Waals surface area (Å²) >= 11 is 5.67. The fraction of sp³-hybridized carbons (Fsp3) is 0.200. The minimum Gasteiger partial charge on any atom is -0.369 e. The summed E-state index contributed by atoms with van der Waals surface area (Å²) in [7, 11) is 1.73. The van der Waals surface area contributed by atoms with Crippen LogP contribution in [0.5, 0.6) is 0 Å². The molecule has 0 spiro atoms. The van der Waals surface area contributed by atoms with Crippen LogP contribution < -0.4 is 11.6 Å². The van der Waals surface area contributed by atoms with E-state index in [9.17, 15) is 0 Å². The molecule has 1 aromatic rings. The van der Waals surface area contributed by atoms with Gasteiger partial charge in [0.15, 0.2) is 5.15 Å². The quantitative estimate of drug-likeness (QED) is 0.355. The zero-order chi connectivity index (χ0) is 8.43. The zero-order valence-corrected chi connectivity index (χ0v) is 6.71. The van der Waals surface area contributed by atoms with Gasteiger partial charge in [-0.2, -0.15) is 5.10 Å². The average Bonchev–Trinajstić information content (AvgIpc) is 2.17. The molecule has 0 aliphatic heterocycles. The van der Waals surface area contributed by atoms with Crippen LogP contribution in [0.25, 0.3) is 0 Å². The smallest absolute Gasteiger partial charge is 0.201 e. The number of rotatable bonds is 1. The zero-order valence-electron chi connectivity index (χ0n) is 5.95. The van der Waals surface area contributed by atoms with Gasteiger partial charge in [0.25, 0.3) is 0 Å². The third-order valence-corrected chi connectivity index (χ3v) is 1.60. The van der Waals surface area contributed by atoms with Crippen LogP contribution in [0.1, 0.15) is 5.69 Å². The van der Waals surface area contributed by atoms with Gasteiger partial charge < -0.3 is 16.1 Å². The first-order valence-corrected chi connectivity index (χ1v) is 3.25. The molecule has 5 nitrogen and oxygen atoms in total. The topological polar surface area (TPSA) is 82.2 Å². The Morgan fingerprint density at radius 3 is 2.73 bits per heavy atom. The number of hydrogen-bond donors (Lipinski definition) is 2. The molecule has 60 valence electrons. The first kappa shape index (κ1) is 7.87. The van der Waals surface area contributed by atoms with E-state index in [1.54, 1.807) is 11.6 Å². The lowest BCUT2D eigenvalue weighted by Gasteiger charge is -1.95. The Morgan fingerprint density at radius 1 is 1.73 bits per heavy atom. The summed E-state index contributed by atoms with van der Waals surface area (Å²) in [6, 6.07) is 0. The van der Waals surface area contributed by atoms with Gasteiger partial charge in [0, 0.05) is 7.05 Å². The second kappa shape index (κ2) is 2.79. The predicted molar refractivity (Wildman–Crippen MR) is 44.4 cm³/mol. The van der Waals surface area contributed by atoms with Crippen LogP contribution in [-0.4, -0.2) is 15.8 Å². The molecule has 0 fully saturated rings. The highest BCUT2D eigenvalue weighted by atomic mass is 35.5. The van der Waals surface area contributed by atoms with Crippen molar-refractivity contribution in [3.63, 3.8) is 0 Å². The number of imidazole rings is 1. The van der Waals surface area contributed by atoms with Crippen molar-refractivity contribution in [2.24, 2.45) is 18.0 Å². The van der Waals surface area contributed by atoms with E-state index in [4.69, 9.17) is 23.2 Å². The van der Waals surface area contributed by atoms with E-state index in [0.717, 1.165) is 0 Å². The van der Waals surface area contributed by atoms with E-state index >= 15 is 0 Å². The molecule has 4 N–H and O–H groups in total. The predicted octanol–water partition coefficient (Wildman–Crippen LogP) is -0.0517. The van der Waals surface area contributed by atoms with Gasteiger partial charge in [-0.25, -0.2) is 4.98 Å². The Morgan fingerprint density at radius 2 is 2.36 bits per heavy atom. The second-order valence-electron chi connectivity index (χ2n) is 1.98. The van der Waals surface area contributed by atoms with Gasteiger partial charge in [0.05, 0.1) is 6.21 Å². The molecule has 11 heavy (non-hydrogen) atoms. The van der Waals surface area contributed by atoms with Gasteiger partial charge in [-0.1, -0.05) is 11.6 Å². The molecule has 0 atom stereocenters. The number of nitrogens with zero attached hydrogens (tertiary/aromatic N) is 3. The Hall–Kier alpha value is -1.23. The van der Waals surface area contributed by atoms with Gasteiger partial charge in [0.2, 0.25) is 5.95 Å². The molecule has 6 heteroatoms. The van der Waals surface area contributed by atoms with Crippen molar-refractivity contribution in [2.45, 2.75) is 0 Å². The summed E-state index contributed by atoms with van der Waals surface area (Å²) < 4.78 is 1.60. The lowest BCUT2D eigenvalue weighted by Crippen LogP contribution is -2.01. The third kappa shape index (κ3) is 1.27. The molecule has 0 aromatic carbocycles. The average molecular weight is 174 g/mol. The number of hydrazone groups is 1. The number of anilines is 1. The van der Waals surface area contributed by atoms with E-state index in [1.807, 2.05) is 0 Å². The molecule has 0 unspecified atom stereocenters. The first-order valence-electron chi connectivity index (χ1n) is 2.87. The highest BCUT2D eigenvalue weighted by molar-refractivity contribution is 6.31. The molecule has 1 aromatic heterocycles. The molecule has 1 heterocycles. The minimum atomic E-state index is 0.305. The summed E-state index contributed by atoms with van der Waals surface area (Å²) in [4.78, 5) is 3.79. The van der Waals surface area contributed by atoms with Crippen LogP contribution in [0.15, 0.2) is 5.10 Å². The molecule has 1 rings (SSSR count). The normalized spacial score (nSPS) is 11.1. The number of halogens is 1. The summed E-state index contributed by atoms with van der Waals surface area (Å²) in [5.41, 5.74) is 6.04. The second-order valence-corrected chi connectivity index (χ2v) is 2.34. The van der Waals surface area contributed by atoms with Crippen molar-refractivity contribution in [1.82, 2.24) is 9.55 Å². The van der Waals surface area contributed by atoms with Crippen LogP contribution >= 0.6 is 11.6 Å². The fourth-order valence-electron chi connectivity index (χ4n) is 0.705. The van der Waals surface area contributed by atoms with Gasteiger partial charge in [-0.15, -0.1) is 0 Å². The van der Waals surface area contributed by atoms with Crippen LogP contribution in [0.3, 0.4) is 0 Å². The monoisotopic (exact) mass is 173 g/mol. The SMILES string of the molecule is Cn1c(N)nc(Cl)c1/C=N/N. The van der Waals surface area contributed by atoms with Crippen molar-refractivity contribution in [1.29, 1.82) is 0 Å². The fourth-order valence-corrected chi connectivity index (χ4v) is 0.967. The van der Waals surface area contributed by atoms with Crippen molar-refractivity contribution >= 4 is 23.8 Å². The van der Waals surface area contributed by atoms with E-state index in [2.05, 4.69) is 10.1 Å². The number of hydrogen-bond acceptors (Lipinski definition) is 4. The lowest BCUT2D eigenvalue weighted by atomic mass is 10.5. The minimum absolute atomic E-state index is 0.305. The van der Waals surface area contributed by atoms with Gasteiger partial charge in [-0.3, -0.25) is 0 Å². The van der Waals surface area contributed by atoms with Crippen LogP contribution in [-0.2, 0) is 7.05 Å². The summed E-state index contributed by atoms with van der Waals surface area (Å²) in [5, 5.41) is 3.62. The summed E-state index contributed by atoms with van der Waals surface area (Å²) in [6.45, 7) is 0. The molecular weight excluding hydrogens is 166 g/mol. The molecule has 0 radical (unpaired) electrons. The van der Waals surface area contributed by atoms with Gasteiger partial charge >= 0.3 is 0 Å². The standard InChI is InChI=1S/C5H8ClN5/c1-11-3(2-9-8)4(6)10-5(11)7/h2H,8H2,1H3,(H2,7,10)/b9-2+. The Balaban J connectivity index is 3.22. The summed E-state index contributed by atoms with van der Waals surface area (Å²) in [5.74, 6) is 5.27. The molecule has 0 amide bonds. The molecular formula is C5H8ClN5. The van der Waals surface area contributed by atoms with Crippen LogP contribution in [0.2, 0.25) is 5.15 Å². The number of nitrogens with two attached hydrogens (primary N) is 2. The number of nitrogen functional groups attached to an aromatic ring is 1. The molecule has 0 saturated heterocycles. The third-order valence-electron chi connectivity index (χ3n) is 1.33. The highest BCUT2D eigenvalue weighted by Crippen LogP contribution is 2.14. The maximum absolute atomic E-state index is 5.67. The number of aromatic nitrogens is 2. The van der Waals surface area contributed by atoms with Crippen molar-refractivity contribution in [3.05, 3.63) is 10.8 Å². The van der Waals surface area contributed by atoms with Crippen LogP contribution in [0, 0.1) is 0 Å². The maximum atomic E-state index is 5.67. The van der Waals surface area contributed by atoms with Crippen molar-refractivity contribution < 1.29 is 0 Å². The maximum Gasteiger partial charge on any atom is 0.201 e. The molecule has 0 aliphatic carbocycles. The Kier molecular flexibility index (Phi) is 2.00. The van der Waals surface area contributed by atoms with Crippen molar-refractivity contribution in [2.75, 3.05) is 5.73 Å². The Bertz CT molecular complexity index is 289. The molecule has 0 bridgehead atoms. The highest BCUT2D eigenvalue weighted by Gasteiger charge is 2.07. The van der Waals surface area contributed by atoms with E-state index in [1.165, 1.54) is 6.21 Å². The van der Waals surface area contributed by atoms with Crippen LogP contribution in [0.4, 0.5) is 5.95 Å². The van der Waals surface area contributed by atoms with E-state index in [-0.39, 0.29) is 0 Å². The largest absolute Gasteiger partial charge is 0.369 e. The van der Waals surface area contributed by atoms with Gasteiger partial charge in [-0.05, 0) is 0 Å². The first-order chi connectivity index (χ1) is 5.16.